The maximum Gasteiger partial charge on any atom is 0.473 e. The molecule has 0 fully saturated rings. The van der Waals surface area contributed by atoms with E-state index in [0.717, 1.165) is 44.0 Å². The van der Waals surface area contributed by atoms with E-state index in [4.69, 9.17) is 13.8 Å². The minimum absolute atomic E-state index is 0.0694. The van der Waals surface area contributed by atoms with Crippen molar-refractivity contribution in [3.63, 3.8) is 0 Å². The first-order valence-electron chi connectivity index (χ1n) is 10.2. The molecule has 2 N–H and O–H groups in total. The highest BCUT2D eigenvalue weighted by atomic mass is 31.2. The second-order valence-corrected chi connectivity index (χ2v) is 9.26. The molecule has 29 heavy (non-hydrogen) atoms. The van der Waals surface area contributed by atoms with Crippen molar-refractivity contribution in [3.8, 4) is 0 Å². The number of carbonyl (C=O) groups excluding carboxylic acids is 1. The van der Waals surface area contributed by atoms with Gasteiger partial charge < -0.3 is 14.9 Å². The number of hydrogen-bond acceptors (Lipinski definition) is 5. The maximum atomic E-state index is 11.8. The summed E-state index contributed by atoms with van der Waals surface area (Å²) in [6, 6.07) is 7.57. The van der Waals surface area contributed by atoms with Gasteiger partial charge in [0.2, 0.25) is 5.91 Å². The number of benzene rings is 1. The third-order valence-electron chi connectivity index (χ3n) is 4.05. The van der Waals surface area contributed by atoms with E-state index in [0.29, 0.717) is 0 Å². The number of aryl methyl sites for hydroxylation is 1. The summed E-state index contributed by atoms with van der Waals surface area (Å²) < 4.78 is 27.2. The van der Waals surface area contributed by atoms with E-state index in [-0.39, 0.29) is 12.6 Å². The van der Waals surface area contributed by atoms with Crippen molar-refractivity contribution in [2.75, 3.05) is 19.8 Å². The lowest BCUT2D eigenvalue weighted by atomic mass is 10.1. The molecule has 7 nitrogen and oxygen atoms in total. The molecule has 0 bridgehead atoms. The lowest BCUT2D eigenvalue weighted by Crippen LogP contribution is -2.33. The number of amides is 1. The number of carbonyl (C=O) groups is 1. The number of nitrogens with one attached hydrogen (secondary N) is 1. The minimum Gasteiger partial charge on any atom is -0.381 e. The Labute approximate surface area is 174 Å². The lowest BCUT2D eigenvalue weighted by Gasteiger charge is -2.13. The van der Waals surface area contributed by atoms with Crippen LogP contribution in [0, 0.1) is 5.92 Å². The fraction of sp³-hybridized carbons (Fsp3) is 0.667. The molecule has 0 saturated heterocycles. The van der Waals surface area contributed by atoms with Crippen LogP contribution in [0.4, 0.5) is 0 Å². The summed E-state index contributed by atoms with van der Waals surface area (Å²) in [6.45, 7) is 8.98. The van der Waals surface area contributed by atoms with Gasteiger partial charge in [-0.25, -0.2) is 4.57 Å². The fourth-order valence-corrected chi connectivity index (χ4v) is 3.24. The van der Waals surface area contributed by atoms with Crippen LogP contribution in [-0.4, -0.2) is 36.7 Å². The van der Waals surface area contributed by atoms with Gasteiger partial charge in [-0.05, 0) is 56.6 Å². The molecule has 0 aliphatic heterocycles. The second-order valence-electron chi connectivity index (χ2n) is 7.81. The molecule has 1 rings (SSSR count). The van der Waals surface area contributed by atoms with Gasteiger partial charge in [0, 0.05) is 19.3 Å². The molecule has 1 aromatic carbocycles. The topological polar surface area (TPSA) is 94.1 Å². The number of phosphoric acid groups is 1. The molecule has 0 spiro atoms. The average molecular weight is 429 g/mol. The maximum absolute atomic E-state index is 11.8. The van der Waals surface area contributed by atoms with Crippen LogP contribution < -0.4 is 5.32 Å². The Kier molecular flexibility index (Phi) is 12.4. The minimum atomic E-state index is -4.28. The van der Waals surface area contributed by atoms with Crippen LogP contribution in [0.2, 0.25) is 0 Å². The molecular formula is C21H36NO6P. The molecule has 1 amide bonds. The highest BCUT2D eigenvalue weighted by molar-refractivity contribution is 7.47. The molecule has 0 saturated carbocycles. The van der Waals surface area contributed by atoms with Crippen molar-refractivity contribution < 1.29 is 28.0 Å². The van der Waals surface area contributed by atoms with Crippen LogP contribution in [0.15, 0.2) is 24.3 Å². The van der Waals surface area contributed by atoms with Crippen molar-refractivity contribution >= 4 is 13.7 Å². The van der Waals surface area contributed by atoms with Crippen LogP contribution in [0.5, 0.6) is 0 Å². The Balaban J connectivity index is 2.24. The predicted octanol–water partition coefficient (Wildman–Crippen LogP) is 4.23. The summed E-state index contributed by atoms with van der Waals surface area (Å²) in [7, 11) is -4.28. The van der Waals surface area contributed by atoms with E-state index in [2.05, 4.69) is 19.2 Å². The largest absolute Gasteiger partial charge is 0.473 e. The third-order valence-corrected chi connectivity index (χ3v) is 4.96. The number of ether oxygens (including phenoxy) is 1. The van der Waals surface area contributed by atoms with Gasteiger partial charge >= 0.3 is 7.82 Å². The standard InChI is InChI=1S/C21H36NO6P/c1-17(2)7-5-13-26-14-6-8-19-9-11-20(12-10-19)15-27-29(24,25)28-16-21(23)22-18(3)4/h9-12,17-18H,5-8,13-16H2,1-4H3,(H,22,23)(H,24,25). The molecule has 1 atom stereocenters. The van der Waals surface area contributed by atoms with Gasteiger partial charge in [-0.15, -0.1) is 0 Å². The van der Waals surface area contributed by atoms with Gasteiger partial charge in [0.1, 0.15) is 6.61 Å². The Morgan fingerprint density at radius 2 is 1.66 bits per heavy atom. The van der Waals surface area contributed by atoms with Crippen LogP contribution in [0.25, 0.3) is 0 Å². The van der Waals surface area contributed by atoms with E-state index >= 15 is 0 Å². The van der Waals surface area contributed by atoms with Crippen molar-refractivity contribution in [1.82, 2.24) is 5.32 Å². The van der Waals surface area contributed by atoms with Gasteiger partial charge in [-0.1, -0.05) is 38.1 Å². The van der Waals surface area contributed by atoms with Crippen molar-refractivity contribution in [1.29, 1.82) is 0 Å². The Hall–Kier alpha value is -1.24. The van der Waals surface area contributed by atoms with Crippen molar-refractivity contribution in [2.24, 2.45) is 5.92 Å². The summed E-state index contributed by atoms with van der Waals surface area (Å²) in [5, 5.41) is 2.57. The highest BCUT2D eigenvalue weighted by Crippen LogP contribution is 2.43. The van der Waals surface area contributed by atoms with E-state index in [1.54, 1.807) is 13.8 Å². The van der Waals surface area contributed by atoms with Crippen molar-refractivity contribution in [2.45, 2.75) is 66.0 Å². The first-order chi connectivity index (χ1) is 13.7. The zero-order valence-electron chi connectivity index (χ0n) is 18.1. The normalized spacial score (nSPS) is 13.6. The lowest BCUT2D eigenvalue weighted by molar-refractivity contribution is -0.124. The number of hydrogen-bond donors (Lipinski definition) is 2. The van der Waals surface area contributed by atoms with E-state index in [1.165, 1.54) is 12.0 Å². The van der Waals surface area contributed by atoms with Crippen LogP contribution >= 0.6 is 7.82 Å². The van der Waals surface area contributed by atoms with Gasteiger partial charge in [-0.3, -0.25) is 13.8 Å². The number of rotatable bonds is 15. The molecule has 1 aromatic rings. The smallest absolute Gasteiger partial charge is 0.381 e. The van der Waals surface area contributed by atoms with Gasteiger partial charge in [0.25, 0.3) is 0 Å². The van der Waals surface area contributed by atoms with Gasteiger partial charge in [0.15, 0.2) is 0 Å². The molecule has 0 aliphatic rings. The molecule has 0 heterocycles. The van der Waals surface area contributed by atoms with Crippen LogP contribution in [-0.2, 0) is 36.2 Å². The Morgan fingerprint density at radius 1 is 1.03 bits per heavy atom. The van der Waals surface area contributed by atoms with Crippen molar-refractivity contribution in [3.05, 3.63) is 35.4 Å². The molecule has 0 aromatic heterocycles. The number of phosphoric ester groups is 1. The summed E-state index contributed by atoms with van der Waals surface area (Å²) in [5.74, 6) is 0.253. The highest BCUT2D eigenvalue weighted by Gasteiger charge is 2.22. The van der Waals surface area contributed by atoms with E-state index in [9.17, 15) is 14.3 Å². The Morgan fingerprint density at radius 3 is 2.28 bits per heavy atom. The quantitative estimate of drug-likeness (QED) is 0.320. The first kappa shape index (κ1) is 25.8. The monoisotopic (exact) mass is 429 g/mol. The molecule has 1 unspecified atom stereocenters. The summed E-state index contributed by atoms with van der Waals surface area (Å²) >= 11 is 0. The fourth-order valence-electron chi connectivity index (χ4n) is 2.57. The molecule has 0 aliphatic carbocycles. The molecule has 0 radical (unpaired) electrons. The van der Waals surface area contributed by atoms with Crippen LogP contribution in [0.3, 0.4) is 0 Å². The first-order valence-corrected chi connectivity index (χ1v) is 11.7. The van der Waals surface area contributed by atoms with Crippen LogP contribution in [0.1, 0.15) is 58.1 Å². The Bertz CT molecular complexity index is 633. The van der Waals surface area contributed by atoms with E-state index in [1.807, 2.05) is 24.3 Å². The van der Waals surface area contributed by atoms with E-state index < -0.39 is 20.3 Å². The average Bonchev–Trinajstić information content (AvgIpc) is 2.64. The zero-order valence-corrected chi connectivity index (χ0v) is 19.0. The van der Waals surface area contributed by atoms with Gasteiger partial charge in [-0.2, -0.15) is 0 Å². The predicted molar refractivity (Wildman–Crippen MR) is 113 cm³/mol. The molecule has 166 valence electrons. The SMILES string of the molecule is CC(C)CCCOCCCc1ccc(COP(=O)(O)OCC(=O)NC(C)C)cc1. The van der Waals surface area contributed by atoms with Gasteiger partial charge in [0.05, 0.1) is 6.61 Å². The summed E-state index contributed by atoms with van der Waals surface area (Å²) in [4.78, 5) is 21.1. The second kappa shape index (κ2) is 13.9. The molecular weight excluding hydrogens is 393 g/mol. The zero-order chi connectivity index (χ0) is 21.7. The summed E-state index contributed by atoms with van der Waals surface area (Å²) in [5.41, 5.74) is 1.93. The molecule has 8 heteroatoms. The summed E-state index contributed by atoms with van der Waals surface area (Å²) in [6.07, 6.45) is 4.17. The third kappa shape index (κ3) is 13.6.